The first-order valence-electron chi connectivity index (χ1n) is 9.86. The van der Waals surface area contributed by atoms with Crippen LogP contribution in [0.15, 0.2) is 53.3 Å². The highest BCUT2D eigenvalue weighted by molar-refractivity contribution is 7.71. The van der Waals surface area contributed by atoms with Crippen LogP contribution in [-0.2, 0) is 6.42 Å². The fourth-order valence-corrected chi connectivity index (χ4v) is 4.96. The molecule has 29 heavy (non-hydrogen) atoms. The van der Waals surface area contributed by atoms with E-state index in [1.54, 1.807) is 6.07 Å². The van der Waals surface area contributed by atoms with E-state index in [9.17, 15) is 4.79 Å². The van der Waals surface area contributed by atoms with Gasteiger partial charge in [-0.2, -0.15) is 0 Å². The summed E-state index contributed by atoms with van der Waals surface area (Å²) in [6.07, 6.45) is 4.66. The molecule has 1 heterocycles. The van der Waals surface area contributed by atoms with Gasteiger partial charge in [-0.1, -0.05) is 65.7 Å². The zero-order valence-electron chi connectivity index (χ0n) is 15.9. The van der Waals surface area contributed by atoms with E-state index in [0.717, 1.165) is 36.9 Å². The van der Waals surface area contributed by atoms with E-state index < -0.39 is 0 Å². The van der Waals surface area contributed by atoms with Gasteiger partial charge >= 0.3 is 0 Å². The first kappa shape index (κ1) is 20.4. The molecular weight excluding hydrogens is 423 g/mol. The minimum atomic E-state index is -0.148. The fourth-order valence-electron chi connectivity index (χ4n) is 4.37. The monoisotopic (exact) mass is 444 g/mol. The summed E-state index contributed by atoms with van der Waals surface area (Å²) in [5.74, 6) is 0.857. The van der Waals surface area contributed by atoms with Crippen molar-refractivity contribution in [3.63, 3.8) is 0 Å². The highest BCUT2D eigenvalue weighted by atomic mass is 35.5. The van der Waals surface area contributed by atoms with Crippen LogP contribution in [-0.4, -0.2) is 9.97 Å². The Labute approximate surface area is 185 Å². The summed E-state index contributed by atoms with van der Waals surface area (Å²) < 4.78 is 0.371. The van der Waals surface area contributed by atoms with Gasteiger partial charge in [0.25, 0.3) is 5.56 Å². The summed E-state index contributed by atoms with van der Waals surface area (Å²) in [4.78, 5) is 18.8. The quantitative estimate of drug-likeness (QED) is 0.436. The van der Waals surface area contributed by atoms with Crippen LogP contribution in [0.5, 0.6) is 0 Å². The van der Waals surface area contributed by atoms with E-state index in [0.29, 0.717) is 32.7 Å². The third-order valence-corrected chi connectivity index (χ3v) is 6.94. The number of nitrogens with one attached hydrogen (secondary N) is 2. The minimum Gasteiger partial charge on any atom is -0.335 e. The molecule has 0 aliphatic heterocycles. The molecule has 3 nitrogen and oxygen atoms in total. The molecule has 1 aliphatic carbocycles. The lowest BCUT2D eigenvalue weighted by Gasteiger charge is -2.30. The van der Waals surface area contributed by atoms with Crippen LogP contribution < -0.4 is 5.56 Å². The third kappa shape index (κ3) is 4.50. The van der Waals surface area contributed by atoms with Crippen molar-refractivity contribution in [3.05, 3.63) is 96.1 Å². The van der Waals surface area contributed by atoms with Gasteiger partial charge in [0, 0.05) is 17.7 Å². The van der Waals surface area contributed by atoms with Gasteiger partial charge in [0.1, 0.15) is 0 Å². The molecule has 0 radical (unpaired) electrons. The van der Waals surface area contributed by atoms with Crippen LogP contribution in [0.3, 0.4) is 0 Å². The normalized spacial score (nSPS) is 19.2. The molecule has 0 atom stereocenters. The number of rotatable bonds is 4. The van der Waals surface area contributed by atoms with Crippen molar-refractivity contribution in [2.75, 3.05) is 0 Å². The van der Waals surface area contributed by atoms with Gasteiger partial charge in [-0.25, -0.2) is 0 Å². The van der Waals surface area contributed by atoms with Crippen LogP contribution in [0.4, 0.5) is 0 Å². The maximum atomic E-state index is 12.8. The second-order valence-corrected chi connectivity index (χ2v) is 8.84. The molecule has 1 aliphatic rings. The second-order valence-electron chi connectivity index (χ2n) is 7.65. The number of H-pyrrole nitrogens is 2. The van der Waals surface area contributed by atoms with Crippen molar-refractivity contribution in [1.82, 2.24) is 9.97 Å². The van der Waals surface area contributed by atoms with Crippen LogP contribution in [0.1, 0.15) is 59.9 Å². The lowest BCUT2D eigenvalue weighted by molar-refractivity contribution is 0.389. The Morgan fingerprint density at radius 1 is 0.897 bits per heavy atom. The fraction of sp³-hybridized carbons (Fsp3) is 0.304. The van der Waals surface area contributed by atoms with E-state index in [4.69, 9.17) is 35.4 Å². The van der Waals surface area contributed by atoms with Crippen molar-refractivity contribution in [2.24, 2.45) is 0 Å². The van der Waals surface area contributed by atoms with E-state index >= 15 is 0 Å². The van der Waals surface area contributed by atoms with Crippen LogP contribution in [0.25, 0.3) is 0 Å². The predicted molar refractivity (Wildman–Crippen MR) is 122 cm³/mol. The molecule has 0 spiro atoms. The zero-order valence-corrected chi connectivity index (χ0v) is 18.2. The number of aromatic amines is 2. The average Bonchev–Trinajstić information content (AvgIpc) is 2.73. The molecule has 0 bridgehead atoms. The first-order valence-corrected chi connectivity index (χ1v) is 11.0. The highest BCUT2D eigenvalue weighted by Crippen LogP contribution is 2.40. The van der Waals surface area contributed by atoms with E-state index in [1.807, 2.05) is 12.1 Å². The van der Waals surface area contributed by atoms with Crippen molar-refractivity contribution < 1.29 is 0 Å². The molecule has 1 aromatic heterocycles. The lowest BCUT2D eigenvalue weighted by Crippen LogP contribution is -2.22. The van der Waals surface area contributed by atoms with Crippen molar-refractivity contribution >= 4 is 35.4 Å². The molecule has 0 saturated heterocycles. The Bertz CT molecular complexity index is 1120. The summed E-state index contributed by atoms with van der Waals surface area (Å²) in [7, 11) is 0. The molecular formula is C23H22Cl2N2OS. The number of halogens is 2. The van der Waals surface area contributed by atoms with Gasteiger partial charge in [-0.05, 0) is 66.9 Å². The van der Waals surface area contributed by atoms with Crippen molar-refractivity contribution in [1.29, 1.82) is 0 Å². The average molecular weight is 445 g/mol. The van der Waals surface area contributed by atoms with E-state index in [2.05, 4.69) is 40.3 Å². The van der Waals surface area contributed by atoms with Crippen LogP contribution in [0.2, 0.25) is 10.0 Å². The molecule has 1 saturated carbocycles. The Morgan fingerprint density at radius 2 is 1.59 bits per heavy atom. The zero-order chi connectivity index (χ0) is 20.4. The predicted octanol–water partition coefficient (Wildman–Crippen LogP) is 6.77. The van der Waals surface area contributed by atoms with Gasteiger partial charge in [0.15, 0.2) is 4.77 Å². The molecule has 2 N–H and O–H groups in total. The summed E-state index contributed by atoms with van der Waals surface area (Å²) in [5, 5.41) is 0.990. The van der Waals surface area contributed by atoms with Crippen molar-refractivity contribution in [3.8, 4) is 0 Å². The third-order valence-electron chi connectivity index (χ3n) is 5.88. The molecule has 4 rings (SSSR count). The van der Waals surface area contributed by atoms with Gasteiger partial charge in [0.05, 0.1) is 10.0 Å². The maximum absolute atomic E-state index is 12.8. The number of aromatic nitrogens is 2. The largest absolute Gasteiger partial charge is 0.335 e. The van der Waals surface area contributed by atoms with E-state index in [1.165, 1.54) is 5.56 Å². The van der Waals surface area contributed by atoms with Crippen LogP contribution >= 0.6 is 35.4 Å². The Hall–Kier alpha value is -1.88. The molecule has 1 fully saturated rings. The molecule has 6 heteroatoms. The van der Waals surface area contributed by atoms with Gasteiger partial charge in [0.2, 0.25) is 0 Å². The van der Waals surface area contributed by atoms with Crippen LogP contribution in [0, 0.1) is 4.77 Å². The molecule has 2 aromatic carbocycles. The lowest BCUT2D eigenvalue weighted by atomic mass is 9.76. The number of hydrogen-bond donors (Lipinski definition) is 2. The molecule has 150 valence electrons. The SMILES string of the molecule is O=c1[nH]c(=S)[nH]c([C@H]2CC[C@H](c3ccccc3)CC2)c1Cc1cccc(Cl)c1Cl. The van der Waals surface area contributed by atoms with Gasteiger partial charge in [-0.3, -0.25) is 9.78 Å². The maximum Gasteiger partial charge on any atom is 0.255 e. The topological polar surface area (TPSA) is 48.6 Å². The number of benzene rings is 2. The second kappa shape index (κ2) is 8.86. The molecule has 0 amide bonds. The van der Waals surface area contributed by atoms with Crippen molar-refractivity contribution in [2.45, 2.75) is 43.9 Å². The summed E-state index contributed by atoms with van der Waals surface area (Å²) in [6.45, 7) is 0. The first-order chi connectivity index (χ1) is 14.0. The molecule has 3 aromatic rings. The minimum absolute atomic E-state index is 0.148. The van der Waals surface area contributed by atoms with E-state index in [-0.39, 0.29) is 11.5 Å². The van der Waals surface area contributed by atoms with Gasteiger partial charge < -0.3 is 4.98 Å². The Balaban J connectivity index is 1.62. The summed E-state index contributed by atoms with van der Waals surface area (Å²) in [5.41, 5.74) is 3.74. The summed E-state index contributed by atoms with van der Waals surface area (Å²) in [6, 6.07) is 16.2. The Kier molecular flexibility index (Phi) is 6.23. The highest BCUT2D eigenvalue weighted by Gasteiger charge is 2.27. The number of hydrogen-bond acceptors (Lipinski definition) is 2. The Morgan fingerprint density at radius 3 is 2.31 bits per heavy atom. The smallest absolute Gasteiger partial charge is 0.255 e. The summed E-state index contributed by atoms with van der Waals surface area (Å²) >= 11 is 17.8. The molecule has 0 unspecified atom stereocenters. The standard InChI is InChI=1S/C23H22Cl2N2OS/c24-19-8-4-7-17(20(19)25)13-18-21(26-23(29)27-22(18)28)16-11-9-15(10-12-16)14-5-2-1-3-6-14/h1-8,15-16H,9-13H2,(H2,26,27,28,29)/t15-,16-. The van der Waals surface area contributed by atoms with Gasteiger partial charge in [-0.15, -0.1) is 0 Å².